The molecule has 4 heteroatoms. The summed E-state index contributed by atoms with van der Waals surface area (Å²) in [5.74, 6) is 1.19. The summed E-state index contributed by atoms with van der Waals surface area (Å²) >= 11 is 5.86. The molecule has 0 fully saturated rings. The van der Waals surface area contributed by atoms with Gasteiger partial charge in [-0.1, -0.05) is 13.3 Å². The molecule has 0 saturated heterocycles. The number of aryl methyl sites for hydroxylation is 1. The lowest BCUT2D eigenvalue weighted by molar-refractivity contribution is 0.253. The normalized spacial score (nSPS) is 10.9. The lowest BCUT2D eigenvalue weighted by Gasteiger charge is -2.12. The predicted molar refractivity (Wildman–Crippen MR) is 71.8 cm³/mol. The fraction of sp³-hybridized carbons (Fsp3) is 0.615. The highest BCUT2D eigenvalue weighted by molar-refractivity contribution is 6.17. The van der Waals surface area contributed by atoms with E-state index in [1.54, 1.807) is 0 Å². The standard InChI is InChI=1S/C13H21ClN2O/c1-4-5-12-8-11(10-14)9-13(15-12)17-7-6-16(2)3/h8-9H,4-7,10H2,1-3H3. The van der Waals surface area contributed by atoms with Gasteiger partial charge in [-0.2, -0.15) is 0 Å². The summed E-state index contributed by atoms with van der Waals surface area (Å²) in [6, 6.07) is 3.97. The lowest BCUT2D eigenvalue weighted by atomic mass is 10.2. The zero-order valence-electron chi connectivity index (χ0n) is 10.9. The average molecular weight is 257 g/mol. The minimum absolute atomic E-state index is 0.503. The summed E-state index contributed by atoms with van der Waals surface area (Å²) in [6.45, 7) is 3.68. The maximum atomic E-state index is 5.86. The summed E-state index contributed by atoms with van der Waals surface area (Å²) < 4.78 is 5.63. The van der Waals surface area contributed by atoms with Crippen LogP contribution in [0.15, 0.2) is 12.1 Å². The molecule has 0 N–H and O–H groups in total. The third kappa shape index (κ3) is 5.37. The third-order valence-corrected chi connectivity index (χ3v) is 2.67. The van der Waals surface area contributed by atoms with E-state index in [1.807, 2.05) is 20.2 Å². The van der Waals surface area contributed by atoms with Gasteiger partial charge in [-0.25, -0.2) is 4.98 Å². The highest BCUT2D eigenvalue weighted by Crippen LogP contribution is 2.15. The van der Waals surface area contributed by atoms with Gasteiger partial charge in [0, 0.05) is 24.2 Å². The summed E-state index contributed by atoms with van der Waals surface area (Å²) in [6.07, 6.45) is 2.05. The van der Waals surface area contributed by atoms with E-state index >= 15 is 0 Å². The Kier molecular flexibility index (Phi) is 6.30. The van der Waals surface area contributed by atoms with Crippen LogP contribution in [0.2, 0.25) is 0 Å². The number of alkyl halides is 1. The molecule has 17 heavy (non-hydrogen) atoms. The lowest BCUT2D eigenvalue weighted by Crippen LogP contribution is -2.19. The van der Waals surface area contributed by atoms with Crippen LogP contribution in [0.3, 0.4) is 0 Å². The molecule has 1 aromatic rings. The first-order chi connectivity index (χ1) is 8.15. The fourth-order valence-corrected chi connectivity index (χ4v) is 1.64. The first-order valence-electron chi connectivity index (χ1n) is 5.99. The van der Waals surface area contributed by atoms with Gasteiger partial charge < -0.3 is 9.64 Å². The first-order valence-corrected chi connectivity index (χ1v) is 6.52. The number of rotatable bonds is 7. The Morgan fingerprint density at radius 1 is 1.35 bits per heavy atom. The SMILES string of the molecule is CCCc1cc(CCl)cc(OCCN(C)C)n1. The number of aromatic nitrogens is 1. The molecule has 0 aliphatic carbocycles. The van der Waals surface area contributed by atoms with Gasteiger partial charge in [-0.15, -0.1) is 11.6 Å². The van der Waals surface area contributed by atoms with E-state index in [-0.39, 0.29) is 0 Å². The van der Waals surface area contributed by atoms with E-state index in [4.69, 9.17) is 16.3 Å². The van der Waals surface area contributed by atoms with Crippen molar-refractivity contribution in [3.05, 3.63) is 23.4 Å². The monoisotopic (exact) mass is 256 g/mol. The van der Waals surface area contributed by atoms with Crippen molar-refractivity contribution in [3.63, 3.8) is 0 Å². The van der Waals surface area contributed by atoms with E-state index in [0.29, 0.717) is 18.4 Å². The van der Waals surface area contributed by atoms with E-state index in [9.17, 15) is 0 Å². The maximum absolute atomic E-state index is 5.86. The molecule has 1 rings (SSSR count). The van der Waals surface area contributed by atoms with Gasteiger partial charge >= 0.3 is 0 Å². The summed E-state index contributed by atoms with van der Waals surface area (Å²) in [5.41, 5.74) is 2.13. The van der Waals surface area contributed by atoms with Crippen molar-refractivity contribution >= 4 is 11.6 Å². The Morgan fingerprint density at radius 3 is 2.71 bits per heavy atom. The van der Waals surface area contributed by atoms with Crippen molar-refractivity contribution < 1.29 is 4.74 Å². The van der Waals surface area contributed by atoms with Crippen molar-refractivity contribution in [2.75, 3.05) is 27.2 Å². The molecule has 0 radical (unpaired) electrons. The second kappa shape index (κ2) is 7.51. The Bertz CT molecular complexity index is 342. The van der Waals surface area contributed by atoms with Gasteiger partial charge in [0.2, 0.25) is 5.88 Å². The number of nitrogens with zero attached hydrogens (tertiary/aromatic N) is 2. The number of pyridine rings is 1. The molecule has 0 spiro atoms. The minimum atomic E-state index is 0.503. The van der Waals surface area contributed by atoms with Gasteiger partial charge in [0.15, 0.2) is 0 Å². The Labute approximate surface area is 109 Å². The highest BCUT2D eigenvalue weighted by atomic mass is 35.5. The van der Waals surface area contributed by atoms with Crippen molar-refractivity contribution in [2.24, 2.45) is 0 Å². The molecule has 0 bridgehead atoms. The smallest absolute Gasteiger partial charge is 0.213 e. The van der Waals surface area contributed by atoms with Crippen LogP contribution < -0.4 is 4.74 Å². The van der Waals surface area contributed by atoms with Gasteiger partial charge in [0.1, 0.15) is 6.61 Å². The molecule has 0 aliphatic heterocycles. The Balaban J connectivity index is 2.66. The van der Waals surface area contributed by atoms with E-state index in [2.05, 4.69) is 22.9 Å². The number of likely N-dealkylation sites (N-methyl/N-ethyl adjacent to an activating group) is 1. The first kappa shape index (κ1) is 14.3. The van der Waals surface area contributed by atoms with E-state index < -0.39 is 0 Å². The van der Waals surface area contributed by atoms with Crippen molar-refractivity contribution in [2.45, 2.75) is 25.6 Å². The molecule has 0 aliphatic rings. The van der Waals surface area contributed by atoms with Crippen LogP contribution in [0.5, 0.6) is 5.88 Å². The van der Waals surface area contributed by atoms with E-state index in [0.717, 1.165) is 30.6 Å². The molecule has 0 unspecified atom stereocenters. The fourth-order valence-electron chi connectivity index (χ4n) is 1.49. The van der Waals surface area contributed by atoms with Crippen LogP contribution in [-0.4, -0.2) is 37.1 Å². The quantitative estimate of drug-likeness (QED) is 0.702. The van der Waals surface area contributed by atoms with Gasteiger partial charge in [0.05, 0.1) is 0 Å². The highest BCUT2D eigenvalue weighted by Gasteiger charge is 2.03. The number of hydrogen-bond acceptors (Lipinski definition) is 3. The van der Waals surface area contributed by atoms with Crippen molar-refractivity contribution in [3.8, 4) is 5.88 Å². The second-order valence-electron chi connectivity index (χ2n) is 4.34. The molecule has 1 heterocycles. The van der Waals surface area contributed by atoms with E-state index in [1.165, 1.54) is 0 Å². The molecule has 1 aromatic heterocycles. The summed E-state index contributed by atoms with van der Waals surface area (Å²) in [7, 11) is 4.04. The molecule has 3 nitrogen and oxygen atoms in total. The van der Waals surface area contributed by atoms with Crippen LogP contribution >= 0.6 is 11.6 Å². The molecular weight excluding hydrogens is 236 g/mol. The van der Waals surface area contributed by atoms with Crippen molar-refractivity contribution in [1.82, 2.24) is 9.88 Å². The zero-order chi connectivity index (χ0) is 12.7. The largest absolute Gasteiger partial charge is 0.476 e. The number of halogens is 1. The average Bonchev–Trinajstić information content (AvgIpc) is 2.28. The molecule has 0 aromatic carbocycles. The van der Waals surface area contributed by atoms with Crippen LogP contribution in [0.25, 0.3) is 0 Å². The number of ether oxygens (including phenoxy) is 1. The zero-order valence-corrected chi connectivity index (χ0v) is 11.6. The maximum Gasteiger partial charge on any atom is 0.213 e. The van der Waals surface area contributed by atoms with Crippen molar-refractivity contribution in [1.29, 1.82) is 0 Å². The third-order valence-electron chi connectivity index (χ3n) is 2.36. The number of hydrogen-bond donors (Lipinski definition) is 0. The van der Waals surface area contributed by atoms with Crippen LogP contribution in [0.1, 0.15) is 24.6 Å². The topological polar surface area (TPSA) is 25.4 Å². The van der Waals surface area contributed by atoms with Crippen LogP contribution in [-0.2, 0) is 12.3 Å². The molecule has 96 valence electrons. The van der Waals surface area contributed by atoms with Gasteiger partial charge in [-0.05, 0) is 32.1 Å². The molecule has 0 atom stereocenters. The minimum Gasteiger partial charge on any atom is -0.476 e. The molecular formula is C13H21ClN2O. The van der Waals surface area contributed by atoms with Gasteiger partial charge in [-0.3, -0.25) is 0 Å². The van der Waals surface area contributed by atoms with Crippen LogP contribution in [0.4, 0.5) is 0 Å². The predicted octanol–water partition coefficient (Wildman–Crippen LogP) is 2.71. The Hall–Kier alpha value is -0.800. The summed E-state index contributed by atoms with van der Waals surface area (Å²) in [4.78, 5) is 6.55. The molecule has 0 saturated carbocycles. The van der Waals surface area contributed by atoms with Crippen LogP contribution in [0, 0.1) is 0 Å². The Morgan fingerprint density at radius 2 is 2.12 bits per heavy atom. The summed E-state index contributed by atoms with van der Waals surface area (Å²) in [5, 5.41) is 0. The van der Waals surface area contributed by atoms with Gasteiger partial charge in [0.25, 0.3) is 0 Å². The second-order valence-corrected chi connectivity index (χ2v) is 4.61. The molecule has 0 amide bonds.